The second-order valence-corrected chi connectivity index (χ2v) is 9.04. The van der Waals surface area contributed by atoms with E-state index in [1.807, 2.05) is 18.2 Å². The van der Waals surface area contributed by atoms with Crippen molar-refractivity contribution in [2.24, 2.45) is 0 Å². The van der Waals surface area contributed by atoms with Gasteiger partial charge in [0.1, 0.15) is 23.5 Å². The molecule has 186 valence electrons. The molecular formula is C27H27F2N5O2. The Morgan fingerprint density at radius 3 is 2.53 bits per heavy atom. The number of H-pyrrole nitrogens is 1. The number of carbonyl (C=O) groups is 1. The molecule has 1 aromatic heterocycles. The largest absolute Gasteiger partial charge is 0.486 e. The molecule has 7 nitrogen and oxygen atoms in total. The van der Waals surface area contributed by atoms with Crippen molar-refractivity contribution in [3.05, 3.63) is 83.4 Å². The molecule has 36 heavy (non-hydrogen) atoms. The second-order valence-electron chi connectivity index (χ2n) is 9.04. The molecule has 0 spiro atoms. The van der Waals surface area contributed by atoms with Crippen LogP contribution in [0.2, 0.25) is 0 Å². The number of aromatic amines is 1. The smallest absolute Gasteiger partial charge is 0.256 e. The third-order valence-electron chi connectivity index (χ3n) is 6.41. The lowest BCUT2D eigenvalue weighted by Gasteiger charge is -2.34. The molecule has 1 atom stereocenters. The highest BCUT2D eigenvalue weighted by molar-refractivity contribution is 6.08. The minimum Gasteiger partial charge on any atom is -0.486 e. The van der Waals surface area contributed by atoms with E-state index >= 15 is 0 Å². The Morgan fingerprint density at radius 1 is 1.03 bits per heavy atom. The molecule has 2 N–H and O–H groups in total. The van der Waals surface area contributed by atoms with Crippen molar-refractivity contribution >= 4 is 28.3 Å². The van der Waals surface area contributed by atoms with Gasteiger partial charge in [-0.15, -0.1) is 0 Å². The Hall–Kier alpha value is -3.98. The molecule has 2 heterocycles. The van der Waals surface area contributed by atoms with Gasteiger partial charge in [0.15, 0.2) is 5.82 Å². The SMILES string of the molecule is CC(Oc1ccc2[nH]nc(NC(=O)c3cccc(N4CCN(C)CC4)c3)c2c1)c1cc(F)cc(F)c1. The van der Waals surface area contributed by atoms with Crippen LogP contribution in [0.25, 0.3) is 10.9 Å². The fourth-order valence-electron chi connectivity index (χ4n) is 4.33. The van der Waals surface area contributed by atoms with Gasteiger partial charge in [-0.3, -0.25) is 9.89 Å². The van der Waals surface area contributed by atoms with Gasteiger partial charge in [-0.1, -0.05) is 6.07 Å². The van der Waals surface area contributed by atoms with Crippen LogP contribution >= 0.6 is 0 Å². The standard InChI is InChI=1S/C27H27F2N5O2/c1-17(19-12-20(28)15-21(29)13-19)36-23-6-7-25-24(16-23)26(32-31-25)30-27(35)18-4-3-5-22(14-18)34-10-8-33(2)9-11-34/h3-7,12-17H,8-11H2,1-2H3,(H2,30,31,32,35). The van der Waals surface area contributed by atoms with Crippen LogP contribution in [0.5, 0.6) is 5.75 Å². The fraction of sp³-hybridized carbons (Fsp3) is 0.259. The summed E-state index contributed by atoms with van der Waals surface area (Å²) < 4.78 is 33.1. The fourth-order valence-corrected chi connectivity index (χ4v) is 4.33. The van der Waals surface area contributed by atoms with Crippen LogP contribution in [-0.4, -0.2) is 54.2 Å². The van der Waals surface area contributed by atoms with E-state index in [2.05, 4.69) is 32.4 Å². The van der Waals surface area contributed by atoms with Gasteiger partial charge >= 0.3 is 0 Å². The van der Waals surface area contributed by atoms with Crippen LogP contribution in [0.15, 0.2) is 60.7 Å². The minimum absolute atomic E-state index is 0.269. The van der Waals surface area contributed by atoms with Gasteiger partial charge in [-0.25, -0.2) is 8.78 Å². The van der Waals surface area contributed by atoms with E-state index in [4.69, 9.17) is 4.74 Å². The lowest BCUT2D eigenvalue weighted by molar-refractivity contribution is 0.102. The molecule has 9 heteroatoms. The van der Waals surface area contributed by atoms with Crippen LogP contribution in [0.3, 0.4) is 0 Å². The number of nitrogens with one attached hydrogen (secondary N) is 2. The maximum atomic E-state index is 13.6. The Balaban J connectivity index is 1.32. The number of fused-ring (bicyclic) bond motifs is 1. The quantitative estimate of drug-likeness (QED) is 0.398. The molecule has 3 aromatic carbocycles. The molecule has 0 radical (unpaired) electrons. The Kier molecular flexibility index (Phi) is 6.56. The van der Waals surface area contributed by atoms with E-state index in [1.165, 1.54) is 12.1 Å². The van der Waals surface area contributed by atoms with E-state index < -0.39 is 17.7 Å². The van der Waals surface area contributed by atoms with E-state index in [9.17, 15) is 13.6 Å². The highest BCUT2D eigenvalue weighted by Crippen LogP contribution is 2.29. The molecule has 5 rings (SSSR count). The monoisotopic (exact) mass is 491 g/mol. The first-order chi connectivity index (χ1) is 17.4. The number of anilines is 2. The summed E-state index contributed by atoms with van der Waals surface area (Å²) in [6, 6.07) is 16.1. The molecule has 1 aliphatic heterocycles. The number of hydrogen-bond donors (Lipinski definition) is 2. The number of amides is 1. The summed E-state index contributed by atoms with van der Waals surface area (Å²) in [7, 11) is 2.10. The zero-order valence-electron chi connectivity index (χ0n) is 20.1. The summed E-state index contributed by atoms with van der Waals surface area (Å²) in [5.41, 5.74) is 2.65. The Labute approximate surface area is 207 Å². The van der Waals surface area contributed by atoms with Crippen molar-refractivity contribution in [3.63, 3.8) is 0 Å². The first-order valence-electron chi connectivity index (χ1n) is 11.8. The molecule has 1 unspecified atom stereocenters. The van der Waals surface area contributed by atoms with Crippen molar-refractivity contribution in [1.82, 2.24) is 15.1 Å². The molecule has 4 aromatic rings. The minimum atomic E-state index is -0.660. The topological polar surface area (TPSA) is 73.5 Å². The molecule has 1 amide bonds. The number of halogens is 2. The zero-order chi connectivity index (χ0) is 25.2. The molecule has 0 bridgehead atoms. The van der Waals surface area contributed by atoms with Crippen LogP contribution in [-0.2, 0) is 0 Å². The van der Waals surface area contributed by atoms with Crippen molar-refractivity contribution in [3.8, 4) is 5.75 Å². The highest BCUT2D eigenvalue weighted by Gasteiger charge is 2.18. The van der Waals surface area contributed by atoms with Crippen LogP contribution in [0.1, 0.15) is 28.9 Å². The van der Waals surface area contributed by atoms with Crippen LogP contribution in [0.4, 0.5) is 20.3 Å². The average molecular weight is 492 g/mol. The predicted octanol–water partition coefficient (Wildman–Crippen LogP) is 4.99. The van der Waals surface area contributed by atoms with Crippen molar-refractivity contribution in [2.45, 2.75) is 13.0 Å². The first kappa shape index (κ1) is 23.7. The van der Waals surface area contributed by atoms with E-state index in [0.29, 0.717) is 33.6 Å². The van der Waals surface area contributed by atoms with Gasteiger partial charge in [-0.2, -0.15) is 5.10 Å². The number of rotatable bonds is 6. The normalized spacial score (nSPS) is 15.2. The lowest BCUT2D eigenvalue weighted by Crippen LogP contribution is -2.44. The summed E-state index contributed by atoms with van der Waals surface area (Å²) in [4.78, 5) is 17.6. The van der Waals surface area contributed by atoms with Gasteiger partial charge in [-0.05, 0) is 68.1 Å². The lowest BCUT2D eigenvalue weighted by atomic mass is 10.1. The van der Waals surface area contributed by atoms with E-state index in [0.717, 1.165) is 37.9 Å². The third kappa shape index (κ3) is 5.16. The predicted molar refractivity (Wildman–Crippen MR) is 136 cm³/mol. The summed E-state index contributed by atoms with van der Waals surface area (Å²) >= 11 is 0. The van der Waals surface area contributed by atoms with Crippen molar-refractivity contribution in [1.29, 1.82) is 0 Å². The molecule has 1 fully saturated rings. The first-order valence-corrected chi connectivity index (χ1v) is 11.8. The summed E-state index contributed by atoms with van der Waals surface area (Å²) in [6.45, 7) is 5.49. The van der Waals surface area contributed by atoms with E-state index in [1.54, 1.807) is 31.2 Å². The molecular weight excluding hydrogens is 464 g/mol. The Morgan fingerprint density at radius 2 is 1.78 bits per heavy atom. The number of nitrogens with zero attached hydrogens (tertiary/aromatic N) is 3. The van der Waals surface area contributed by atoms with E-state index in [-0.39, 0.29) is 5.91 Å². The molecule has 0 saturated carbocycles. The van der Waals surface area contributed by atoms with Gasteiger partial charge < -0.3 is 19.9 Å². The number of carbonyl (C=O) groups excluding carboxylic acids is 1. The number of aromatic nitrogens is 2. The van der Waals surface area contributed by atoms with Crippen LogP contribution in [0, 0.1) is 11.6 Å². The molecule has 1 saturated heterocycles. The summed E-state index contributed by atoms with van der Waals surface area (Å²) in [5.74, 6) is -0.738. The van der Waals surface area contributed by atoms with Crippen molar-refractivity contribution in [2.75, 3.05) is 43.4 Å². The van der Waals surface area contributed by atoms with Crippen LogP contribution < -0.4 is 15.0 Å². The van der Waals surface area contributed by atoms with Crippen molar-refractivity contribution < 1.29 is 18.3 Å². The number of likely N-dealkylation sites (N-methyl/N-ethyl adjacent to an activating group) is 1. The van der Waals surface area contributed by atoms with Gasteiger partial charge in [0.25, 0.3) is 5.91 Å². The second kappa shape index (κ2) is 9.94. The average Bonchev–Trinajstić information content (AvgIpc) is 3.26. The van der Waals surface area contributed by atoms with Gasteiger partial charge in [0, 0.05) is 48.9 Å². The summed E-state index contributed by atoms with van der Waals surface area (Å²) in [5, 5.41) is 10.7. The molecule has 1 aliphatic rings. The van der Waals surface area contributed by atoms with Gasteiger partial charge in [0.05, 0.1) is 5.52 Å². The number of piperazine rings is 1. The Bertz CT molecular complexity index is 1380. The maximum absolute atomic E-state index is 13.6. The zero-order valence-corrected chi connectivity index (χ0v) is 20.1. The maximum Gasteiger partial charge on any atom is 0.256 e. The number of ether oxygens (including phenoxy) is 1. The number of benzene rings is 3. The summed E-state index contributed by atoms with van der Waals surface area (Å²) in [6.07, 6.45) is -0.588. The highest BCUT2D eigenvalue weighted by atomic mass is 19.1. The van der Waals surface area contributed by atoms with Gasteiger partial charge in [0.2, 0.25) is 0 Å². The third-order valence-corrected chi connectivity index (χ3v) is 6.41. The number of hydrogen-bond acceptors (Lipinski definition) is 5. The molecule has 0 aliphatic carbocycles.